The van der Waals surface area contributed by atoms with Crippen LogP contribution in [0.3, 0.4) is 0 Å². The monoisotopic (exact) mass is 663 g/mol. The molecule has 242 valence electrons. The minimum Gasteiger partial charge on any atom is -0.456 e. The van der Waals surface area contributed by atoms with E-state index in [0.717, 1.165) is 56.0 Å². The van der Waals surface area contributed by atoms with E-state index in [2.05, 4.69) is 115 Å². The fraction of sp³-hybridized carbons (Fsp3) is 0.0208. The molecule has 0 radical (unpaired) electrons. The number of hydrogen-bond donors (Lipinski definition) is 0. The molecule has 52 heavy (non-hydrogen) atoms. The fourth-order valence-corrected chi connectivity index (χ4v) is 7.97. The maximum Gasteiger partial charge on any atom is 0.167 e. The average molecular weight is 664 g/mol. The Bertz CT molecular complexity index is 2660. The number of aromatic nitrogens is 3. The Morgan fingerprint density at radius 2 is 0.885 bits per heavy atom. The highest BCUT2D eigenvalue weighted by Crippen LogP contribution is 2.63. The molecule has 0 bridgehead atoms. The molecule has 0 amide bonds. The summed E-state index contributed by atoms with van der Waals surface area (Å²) in [7, 11) is 0. The summed E-state index contributed by atoms with van der Waals surface area (Å²) < 4.78 is 6.94. The van der Waals surface area contributed by atoms with Gasteiger partial charge in [0.15, 0.2) is 17.5 Å². The summed E-state index contributed by atoms with van der Waals surface area (Å²) in [6, 6.07) is 58.6. The molecule has 8 aromatic rings. The normalized spacial score (nSPS) is 12.9. The van der Waals surface area contributed by atoms with Crippen molar-refractivity contribution in [3.05, 3.63) is 198 Å². The second kappa shape index (κ2) is 11.8. The molecule has 0 saturated carbocycles. The average Bonchev–Trinajstić information content (AvgIpc) is 3.51. The Morgan fingerprint density at radius 1 is 0.404 bits per heavy atom. The van der Waals surface area contributed by atoms with Gasteiger partial charge in [-0.3, -0.25) is 0 Å². The Kier molecular flexibility index (Phi) is 6.74. The lowest BCUT2D eigenvalue weighted by Gasteiger charge is -2.39. The molecule has 0 fully saturated rings. The van der Waals surface area contributed by atoms with Gasteiger partial charge in [0.25, 0.3) is 0 Å². The van der Waals surface area contributed by atoms with Crippen LogP contribution in [0.5, 0.6) is 11.5 Å². The van der Waals surface area contributed by atoms with E-state index < -0.39 is 5.41 Å². The van der Waals surface area contributed by atoms with E-state index in [1.54, 1.807) is 0 Å². The van der Waals surface area contributed by atoms with Crippen LogP contribution in [0.25, 0.3) is 56.4 Å². The van der Waals surface area contributed by atoms with Crippen molar-refractivity contribution in [1.82, 2.24) is 15.0 Å². The molecule has 4 heteroatoms. The maximum absolute atomic E-state index is 6.94. The van der Waals surface area contributed by atoms with Gasteiger partial charge >= 0.3 is 0 Å². The second-order valence-electron chi connectivity index (χ2n) is 13.1. The van der Waals surface area contributed by atoms with E-state index in [0.29, 0.717) is 17.5 Å². The highest BCUT2D eigenvalue weighted by Gasteiger charge is 2.51. The van der Waals surface area contributed by atoms with Crippen molar-refractivity contribution < 1.29 is 4.74 Å². The number of rotatable bonds is 4. The number of para-hydroxylation sites is 2. The van der Waals surface area contributed by atoms with Crippen LogP contribution in [0.2, 0.25) is 0 Å². The zero-order chi connectivity index (χ0) is 34.6. The Balaban J connectivity index is 1.18. The van der Waals surface area contributed by atoms with Crippen LogP contribution in [0.1, 0.15) is 27.8 Å². The highest BCUT2D eigenvalue weighted by atomic mass is 16.5. The van der Waals surface area contributed by atoms with Crippen LogP contribution in [0, 0.1) is 12.3 Å². The van der Waals surface area contributed by atoms with Gasteiger partial charge in [-0.15, -0.1) is 6.42 Å². The van der Waals surface area contributed by atoms with Crippen molar-refractivity contribution in [2.75, 3.05) is 0 Å². The van der Waals surface area contributed by atoms with Gasteiger partial charge < -0.3 is 4.74 Å². The summed E-state index contributed by atoms with van der Waals surface area (Å²) in [5.41, 5.74) is 12.2. The van der Waals surface area contributed by atoms with E-state index in [1.165, 1.54) is 22.3 Å². The first-order valence-corrected chi connectivity index (χ1v) is 17.3. The standard InChI is InChI=1S/C48H29N3O/c1-2-31-23-25-32(26-24-31)33-27-29-35(30-28-33)46-49-45(34-13-4-3-5-14-34)50-47(51-46)38-17-12-21-42-44(38)52-43-22-11-10-20-41(43)48(42)39-18-8-6-15-36(39)37-16-7-9-19-40(37)48/h1,3-30H. The highest BCUT2D eigenvalue weighted by molar-refractivity contribution is 5.90. The molecule has 0 atom stereocenters. The first kappa shape index (κ1) is 29.8. The van der Waals surface area contributed by atoms with Gasteiger partial charge in [-0.2, -0.15) is 0 Å². The van der Waals surface area contributed by atoms with E-state index in [9.17, 15) is 0 Å². The second-order valence-corrected chi connectivity index (χ2v) is 13.1. The van der Waals surface area contributed by atoms with Gasteiger partial charge in [0.1, 0.15) is 11.5 Å². The molecule has 2 heterocycles. The largest absolute Gasteiger partial charge is 0.456 e. The van der Waals surface area contributed by atoms with Crippen LogP contribution in [-0.2, 0) is 5.41 Å². The first-order chi connectivity index (χ1) is 25.7. The third-order valence-electron chi connectivity index (χ3n) is 10.3. The minimum atomic E-state index is -0.584. The zero-order valence-electron chi connectivity index (χ0n) is 28.0. The zero-order valence-corrected chi connectivity index (χ0v) is 28.0. The van der Waals surface area contributed by atoms with Crippen molar-refractivity contribution in [2.24, 2.45) is 0 Å². The van der Waals surface area contributed by atoms with Crippen LogP contribution in [-0.4, -0.2) is 15.0 Å². The minimum absolute atomic E-state index is 0.545. The quantitative estimate of drug-likeness (QED) is 0.176. The van der Waals surface area contributed by atoms with Gasteiger partial charge in [-0.25, -0.2) is 15.0 Å². The molecule has 1 aliphatic carbocycles. The van der Waals surface area contributed by atoms with Crippen LogP contribution in [0.15, 0.2) is 170 Å². The van der Waals surface area contributed by atoms with Gasteiger partial charge in [0, 0.05) is 27.8 Å². The van der Waals surface area contributed by atoms with E-state index >= 15 is 0 Å². The molecule has 0 saturated heterocycles. The summed E-state index contributed by atoms with van der Waals surface area (Å²) in [5.74, 6) is 5.97. The third-order valence-corrected chi connectivity index (χ3v) is 10.3. The summed E-state index contributed by atoms with van der Waals surface area (Å²) in [5, 5.41) is 0. The molecule has 1 spiro atoms. The van der Waals surface area contributed by atoms with Crippen molar-refractivity contribution in [3.63, 3.8) is 0 Å². The summed E-state index contributed by atoms with van der Waals surface area (Å²) >= 11 is 0. The molecular formula is C48H29N3O. The lowest BCUT2D eigenvalue weighted by atomic mass is 9.66. The topological polar surface area (TPSA) is 47.9 Å². The van der Waals surface area contributed by atoms with Gasteiger partial charge in [0.2, 0.25) is 0 Å². The van der Waals surface area contributed by atoms with Crippen molar-refractivity contribution in [3.8, 4) is 80.3 Å². The number of terminal acetylenes is 1. The first-order valence-electron chi connectivity index (χ1n) is 17.3. The molecular weight excluding hydrogens is 635 g/mol. The molecule has 4 nitrogen and oxygen atoms in total. The smallest absolute Gasteiger partial charge is 0.167 e. The molecule has 0 N–H and O–H groups in total. The number of nitrogens with zero attached hydrogens (tertiary/aromatic N) is 3. The Hall–Kier alpha value is -7.09. The number of benzene rings is 7. The number of fused-ring (bicyclic) bond motifs is 9. The van der Waals surface area contributed by atoms with Crippen LogP contribution < -0.4 is 4.74 Å². The van der Waals surface area contributed by atoms with E-state index in [1.807, 2.05) is 60.7 Å². The third kappa shape index (κ3) is 4.47. The molecule has 1 aliphatic heterocycles. The van der Waals surface area contributed by atoms with Crippen molar-refractivity contribution in [1.29, 1.82) is 0 Å². The van der Waals surface area contributed by atoms with Gasteiger partial charge in [0.05, 0.1) is 11.0 Å². The predicted octanol–water partition coefficient (Wildman–Crippen LogP) is 11.0. The number of hydrogen-bond acceptors (Lipinski definition) is 4. The van der Waals surface area contributed by atoms with Crippen molar-refractivity contribution >= 4 is 0 Å². The fourth-order valence-electron chi connectivity index (χ4n) is 7.97. The van der Waals surface area contributed by atoms with Gasteiger partial charge in [-0.05, 0) is 57.6 Å². The lowest BCUT2D eigenvalue weighted by Crippen LogP contribution is -2.32. The molecule has 10 rings (SSSR count). The van der Waals surface area contributed by atoms with Crippen molar-refractivity contribution in [2.45, 2.75) is 5.41 Å². The molecule has 1 aromatic heterocycles. The predicted molar refractivity (Wildman–Crippen MR) is 207 cm³/mol. The maximum atomic E-state index is 6.94. The SMILES string of the molecule is C#Cc1ccc(-c2ccc(-c3nc(-c4ccccc4)nc(-c4cccc5c4Oc4ccccc4C54c5ccccc5-c5ccccc54)n3)cc2)cc1. The van der Waals surface area contributed by atoms with E-state index in [-0.39, 0.29) is 0 Å². The van der Waals surface area contributed by atoms with Crippen LogP contribution in [0.4, 0.5) is 0 Å². The summed E-state index contributed by atoms with van der Waals surface area (Å²) in [4.78, 5) is 15.3. The molecule has 0 unspecified atom stereocenters. The molecule has 2 aliphatic rings. The van der Waals surface area contributed by atoms with Gasteiger partial charge in [-0.1, -0.05) is 152 Å². The number of ether oxygens (including phenoxy) is 1. The summed E-state index contributed by atoms with van der Waals surface area (Å²) in [6.07, 6.45) is 5.58. The Labute approximate surface area is 302 Å². The Morgan fingerprint density at radius 3 is 1.54 bits per heavy atom. The summed E-state index contributed by atoms with van der Waals surface area (Å²) in [6.45, 7) is 0. The van der Waals surface area contributed by atoms with Crippen LogP contribution >= 0.6 is 0 Å². The van der Waals surface area contributed by atoms with E-state index in [4.69, 9.17) is 26.1 Å². The molecule has 7 aromatic carbocycles. The lowest BCUT2D eigenvalue weighted by molar-refractivity contribution is 0.437.